The van der Waals surface area contributed by atoms with Crippen LogP contribution in [0, 0.1) is 6.92 Å². The predicted molar refractivity (Wildman–Crippen MR) is 84.0 cm³/mol. The zero-order valence-corrected chi connectivity index (χ0v) is 12.1. The minimum atomic E-state index is 0.938. The minimum Gasteiger partial charge on any atom is -0.340 e. The van der Waals surface area contributed by atoms with Crippen molar-refractivity contribution in [2.24, 2.45) is 0 Å². The van der Waals surface area contributed by atoms with Crippen LogP contribution in [0.3, 0.4) is 0 Å². The molecule has 3 rings (SSSR count). The molecule has 96 valence electrons. The van der Waals surface area contributed by atoms with Crippen LogP contribution in [0.1, 0.15) is 11.3 Å². The standard InChI is InChI=1S/C17H17NS/c1-13-11-15-5-3-4-6-17(15)18(13)12-14-7-9-16(19-2)10-8-14/h3-11H,12H2,1-2H3. The summed E-state index contributed by atoms with van der Waals surface area (Å²) >= 11 is 1.78. The van der Waals surface area contributed by atoms with Crippen molar-refractivity contribution in [3.63, 3.8) is 0 Å². The first-order valence-electron chi connectivity index (χ1n) is 6.46. The maximum atomic E-state index is 2.38. The van der Waals surface area contributed by atoms with E-state index < -0.39 is 0 Å². The van der Waals surface area contributed by atoms with Crippen molar-refractivity contribution in [1.29, 1.82) is 0 Å². The first kappa shape index (κ1) is 12.4. The number of rotatable bonds is 3. The summed E-state index contributed by atoms with van der Waals surface area (Å²) in [6.45, 7) is 3.12. The molecule has 19 heavy (non-hydrogen) atoms. The topological polar surface area (TPSA) is 4.93 Å². The molecule has 0 fully saturated rings. The molecule has 0 spiro atoms. The fraction of sp³-hybridized carbons (Fsp3) is 0.176. The van der Waals surface area contributed by atoms with E-state index in [-0.39, 0.29) is 0 Å². The van der Waals surface area contributed by atoms with Crippen molar-refractivity contribution in [2.45, 2.75) is 18.4 Å². The Bertz CT molecular complexity index is 695. The van der Waals surface area contributed by atoms with Crippen LogP contribution in [-0.2, 0) is 6.54 Å². The normalized spacial score (nSPS) is 11.1. The Kier molecular flexibility index (Phi) is 3.34. The monoisotopic (exact) mass is 267 g/mol. The maximum absolute atomic E-state index is 2.38. The van der Waals surface area contributed by atoms with Crippen LogP contribution in [0.4, 0.5) is 0 Å². The highest BCUT2D eigenvalue weighted by Gasteiger charge is 2.05. The summed E-state index contributed by atoms with van der Waals surface area (Å²) in [7, 11) is 0. The summed E-state index contributed by atoms with van der Waals surface area (Å²) in [5.41, 5.74) is 3.98. The van der Waals surface area contributed by atoms with Crippen LogP contribution < -0.4 is 0 Å². The zero-order valence-electron chi connectivity index (χ0n) is 11.3. The number of aryl methyl sites for hydroxylation is 1. The van der Waals surface area contributed by atoms with Crippen molar-refractivity contribution in [3.8, 4) is 0 Å². The number of thioether (sulfide) groups is 1. The molecular formula is C17H17NS. The molecule has 2 aromatic carbocycles. The molecule has 0 N–H and O–H groups in total. The van der Waals surface area contributed by atoms with Gasteiger partial charge >= 0.3 is 0 Å². The first-order chi connectivity index (χ1) is 9.28. The Labute approximate surface area is 118 Å². The zero-order chi connectivity index (χ0) is 13.2. The lowest BCUT2D eigenvalue weighted by molar-refractivity contribution is 0.804. The average Bonchev–Trinajstić information content (AvgIpc) is 2.76. The number of hydrogen-bond acceptors (Lipinski definition) is 1. The molecule has 0 aliphatic heterocycles. The van der Waals surface area contributed by atoms with E-state index >= 15 is 0 Å². The fourth-order valence-corrected chi connectivity index (χ4v) is 2.88. The Morgan fingerprint density at radius 3 is 2.47 bits per heavy atom. The number of nitrogens with zero attached hydrogens (tertiary/aromatic N) is 1. The molecular weight excluding hydrogens is 250 g/mol. The van der Waals surface area contributed by atoms with E-state index in [9.17, 15) is 0 Å². The predicted octanol–water partition coefficient (Wildman–Crippen LogP) is 4.72. The molecule has 0 unspecified atom stereocenters. The van der Waals surface area contributed by atoms with Gasteiger partial charge in [0, 0.05) is 22.7 Å². The van der Waals surface area contributed by atoms with E-state index in [1.165, 1.54) is 27.1 Å². The molecule has 0 amide bonds. The number of hydrogen-bond donors (Lipinski definition) is 0. The second-order valence-corrected chi connectivity index (χ2v) is 5.66. The first-order valence-corrected chi connectivity index (χ1v) is 7.68. The van der Waals surface area contributed by atoms with Gasteiger partial charge in [-0.25, -0.2) is 0 Å². The molecule has 1 nitrogen and oxygen atoms in total. The molecule has 2 heteroatoms. The van der Waals surface area contributed by atoms with Crippen molar-refractivity contribution >= 4 is 22.7 Å². The quantitative estimate of drug-likeness (QED) is 0.622. The molecule has 0 aliphatic carbocycles. The lowest BCUT2D eigenvalue weighted by Crippen LogP contribution is -2.01. The van der Waals surface area contributed by atoms with Gasteiger partial charge < -0.3 is 4.57 Å². The average molecular weight is 267 g/mol. The highest BCUT2D eigenvalue weighted by atomic mass is 32.2. The van der Waals surface area contributed by atoms with Gasteiger partial charge in [0.25, 0.3) is 0 Å². The van der Waals surface area contributed by atoms with Gasteiger partial charge in [-0.2, -0.15) is 0 Å². The molecule has 0 saturated heterocycles. The molecule has 0 radical (unpaired) electrons. The van der Waals surface area contributed by atoms with E-state index in [0.29, 0.717) is 0 Å². The van der Waals surface area contributed by atoms with Gasteiger partial charge in [0.2, 0.25) is 0 Å². The fourth-order valence-electron chi connectivity index (χ4n) is 2.47. The highest BCUT2D eigenvalue weighted by Crippen LogP contribution is 2.21. The number of benzene rings is 2. The largest absolute Gasteiger partial charge is 0.340 e. The second-order valence-electron chi connectivity index (χ2n) is 4.78. The van der Waals surface area contributed by atoms with E-state index in [1.807, 2.05) is 0 Å². The van der Waals surface area contributed by atoms with E-state index in [1.54, 1.807) is 11.8 Å². The summed E-state index contributed by atoms with van der Waals surface area (Å²) in [6.07, 6.45) is 2.11. The van der Waals surface area contributed by atoms with Gasteiger partial charge in [0.1, 0.15) is 0 Å². The van der Waals surface area contributed by atoms with Crippen LogP contribution in [0.15, 0.2) is 59.5 Å². The smallest absolute Gasteiger partial charge is 0.0485 e. The Morgan fingerprint density at radius 2 is 1.74 bits per heavy atom. The summed E-state index contributed by atoms with van der Waals surface area (Å²) in [5.74, 6) is 0. The Balaban J connectivity index is 1.98. The van der Waals surface area contributed by atoms with E-state index in [4.69, 9.17) is 0 Å². The van der Waals surface area contributed by atoms with Crippen molar-refractivity contribution in [3.05, 3.63) is 65.9 Å². The third kappa shape index (κ3) is 2.41. The van der Waals surface area contributed by atoms with Crippen LogP contribution >= 0.6 is 11.8 Å². The molecule has 0 bridgehead atoms. The third-order valence-electron chi connectivity index (χ3n) is 3.52. The molecule has 0 atom stereocenters. The summed E-state index contributed by atoms with van der Waals surface area (Å²) in [5, 5.41) is 1.32. The molecule has 0 saturated carbocycles. The Morgan fingerprint density at radius 1 is 1.00 bits per heavy atom. The molecule has 1 aromatic heterocycles. The third-order valence-corrected chi connectivity index (χ3v) is 4.26. The number of para-hydroxylation sites is 1. The van der Waals surface area contributed by atoms with E-state index in [2.05, 4.69) is 72.3 Å². The van der Waals surface area contributed by atoms with Crippen LogP contribution in [0.5, 0.6) is 0 Å². The van der Waals surface area contributed by atoms with Gasteiger partial charge in [0.05, 0.1) is 0 Å². The molecule has 3 aromatic rings. The summed E-state index contributed by atoms with van der Waals surface area (Å²) in [4.78, 5) is 1.32. The lowest BCUT2D eigenvalue weighted by Gasteiger charge is -2.09. The molecule has 0 aliphatic rings. The van der Waals surface area contributed by atoms with Gasteiger partial charge in [-0.15, -0.1) is 11.8 Å². The van der Waals surface area contributed by atoms with Crippen LogP contribution in [-0.4, -0.2) is 10.8 Å². The Hall–Kier alpha value is -1.67. The van der Waals surface area contributed by atoms with Gasteiger partial charge in [-0.3, -0.25) is 0 Å². The van der Waals surface area contributed by atoms with Crippen molar-refractivity contribution in [2.75, 3.05) is 6.26 Å². The van der Waals surface area contributed by atoms with E-state index in [0.717, 1.165) is 6.54 Å². The van der Waals surface area contributed by atoms with Gasteiger partial charge in [-0.1, -0.05) is 30.3 Å². The van der Waals surface area contributed by atoms with Crippen LogP contribution in [0.25, 0.3) is 10.9 Å². The van der Waals surface area contributed by atoms with Gasteiger partial charge in [0.15, 0.2) is 0 Å². The van der Waals surface area contributed by atoms with Crippen molar-refractivity contribution < 1.29 is 0 Å². The SMILES string of the molecule is CSc1ccc(Cn2c(C)cc3ccccc32)cc1. The van der Waals surface area contributed by atoms with Crippen molar-refractivity contribution in [1.82, 2.24) is 4.57 Å². The maximum Gasteiger partial charge on any atom is 0.0485 e. The molecule has 1 heterocycles. The second kappa shape index (κ2) is 5.14. The summed E-state index contributed by atoms with van der Waals surface area (Å²) < 4.78 is 2.38. The lowest BCUT2D eigenvalue weighted by atomic mass is 10.2. The van der Waals surface area contributed by atoms with Crippen LogP contribution in [0.2, 0.25) is 0 Å². The number of fused-ring (bicyclic) bond motifs is 1. The minimum absolute atomic E-state index is 0.938. The van der Waals surface area contributed by atoms with Gasteiger partial charge in [-0.05, 0) is 48.4 Å². The number of aromatic nitrogens is 1. The highest BCUT2D eigenvalue weighted by molar-refractivity contribution is 7.98. The summed E-state index contributed by atoms with van der Waals surface area (Å²) in [6, 6.07) is 19.7.